The number of halogens is 3. The highest BCUT2D eigenvalue weighted by Gasteiger charge is 2.26. The van der Waals surface area contributed by atoms with Crippen LogP contribution in [0.4, 0.5) is 5.82 Å². The van der Waals surface area contributed by atoms with Crippen molar-refractivity contribution in [3.8, 4) is 5.75 Å². The van der Waals surface area contributed by atoms with Gasteiger partial charge < -0.3 is 14.9 Å². The Morgan fingerprint density at radius 1 is 1.04 bits per heavy atom. The molecule has 1 aliphatic rings. The summed E-state index contributed by atoms with van der Waals surface area (Å²) in [5.74, 6) is 0.173. The average Bonchev–Trinajstić information content (AvgIpc) is 2.54. The van der Waals surface area contributed by atoms with Crippen molar-refractivity contribution in [2.75, 3.05) is 31.1 Å². The molecule has 0 unspecified atom stereocenters. The van der Waals surface area contributed by atoms with Crippen LogP contribution >= 0.6 is 34.8 Å². The predicted octanol–water partition coefficient (Wildman–Crippen LogP) is 3.10. The van der Waals surface area contributed by atoms with E-state index < -0.39 is 0 Å². The summed E-state index contributed by atoms with van der Waals surface area (Å²) in [6, 6.07) is 4.43. The number of piperazine rings is 1. The largest absolute Gasteiger partial charge is 0.507 e. The first-order chi connectivity index (χ1) is 11.5. The number of aromatic hydroxyl groups is 1. The van der Waals surface area contributed by atoms with Gasteiger partial charge in [0.05, 0.1) is 10.6 Å². The van der Waals surface area contributed by atoms with E-state index in [1.807, 2.05) is 4.90 Å². The molecule has 6 nitrogen and oxygen atoms in total. The Balaban J connectivity index is 1.72. The summed E-state index contributed by atoms with van der Waals surface area (Å²) in [5.41, 5.74) is 0.0691. The Morgan fingerprint density at radius 2 is 1.75 bits per heavy atom. The second-order valence-electron chi connectivity index (χ2n) is 5.26. The molecule has 1 aromatic carbocycles. The maximum atomic E-state index is 12.6. The molecule has 0 spiro atoms. The summed E-state index contributed by atoms with van der Waals surface area (Å²) in [4.78, 5) is 24.3. The van der Waals surface area contributed by atoms with E-state index in [0.717, 1.165) is 5.82 Å². The lowest BCUT2D eigenvalue weighted by Crippen LogP contribution is -2.49. The summed E-state index contributed by atoms with van der Waals surface area (Å²) >= 11 is 17.7. The van der Waals surface area contributed by atoms with Crippen LogP contribution in [-0.2, 0) is 0 Å². The Hall–Kier alpha value is -1.76. The monoisotopic (exact) mass is 386 g/mol. The van der Waals surface area contributed by atoms with Crippen molar-refractivity contribution in [2.24, 2.45) is 0 Å². The first-order valence-corrected chi connectivity index (χ1v) is 8.29. The summed E-state index contributed by atoms with van der Waals surface area (Å²) in [6.45, 7) is 2.12. The molecule has 24 heavy (non-hydrogen) atoms. The molecule has 0 radical (unpaired) electrons. The topological polar surface area (TPSA) is 69.6 Å². The van der Waals surface area contributed by atoms with Gasteiger partial charge in [0.15, 0.2) is 0 Å². The molecule has 0 bridgehead atoms. The van der Waals surface area contributed by atoms with Crippen molar-refractivity contribution in [1.29, 1.82) is 0 Å². The fourth-order valence-corrected chi connectivity index (χ4v) is 3.27. The number of rotatable bonds is 2. The van der Waals surface area contributed by atoms with Crippen LogP contribution < -0.4 is 4.90 Å². The Bertz CT molecular complexity index is 756. The van der Waals surface area contributed by atoms with E-state index in [4.69, 9.17) is 34.8 Å². The van der Waals surface area contributed by atoms with E-state index in [1.165, 1.54) is 18.5 Å². The van der Waals surface area contributed by atoms with E-state index in [1.54, 1.807) is 11.0 Å². The highest BCUT2D eigenvalue weighted by molar-refractivity contribution is 6.37. The number of aromatic nitrogens is 2. The van der Waals surface area contributed by atoms with Crippen LogP contribution in [0.1, 0.15) is 10.4 Å². The number of amides is 1. The Morgan fingerprint density at radius 3 is 2.38 bits per heavy atom. The molecule has 1 aromatic heterocycles. The molecule has 0 saturated carbocycles. The highest BCUT2D eigenvalue weighted by atomic mass is 35.5. The van der Waals surface area contributed by atoms with Gasteiger partial charge in [-0.2, -0.15) is 0 Å². The van der Waals surface area contributed by atoms with Crippen LogP contribution in [0, 0.1) is 0 Å². The zero-order valence-corrected chi connectivity index (χ0v) is 14.7. The standard InChI is InChI=1S/C15H13Cl3N4O2/c16-9-5-10(17)14(11(23)6-9)15(24)22-3-1-21(2-4-22)13-7-12(18)19-8-20-13/h5-8,23H,1-4H2. The van der Waals surface area contributed by atoms with Crippen LogP contribution in [0.15, 0.2) is 24.5 Å². The van der Waals surface area contributed by atoms with E-state index in [-0.39, 0.29) is 27.3 Å². The number of phenolic OH excluding ortho intramolecular Hbond substituents is 1. The van der Waals surface area contributed by atoms with Crippen LogP contribution in [0.2, 0.25) is 15.2 Å². The number of phenols is 1. The number of hydrogen-bond acceptors (Lipinski definition) is 5. The van der Waals surface area contributed by atoms with Crippen LogP contribution in [0.5, 0.6) is 5.75 Å². The minimum atomic E-state index is -0.325. The van der Waals surface area contributed by atoms with Crippen molar-refractivity contribution >= 4 is 46.5 Å². The predicted molar refractivity (Wildman–Crippen MR) is 93.3 cm³/mol. The Labute approximate surface area is 153 Å². The fourth-order valence-electron chi connectivity index (χ4n) is 2.57. The highest BCUT2D eigenvalue weighted by Crippen LogP contribution is 2.31. The van der Waals surface area contributed by atoms with Crippen LogP contribution in [0.25, 0.3) is 0 Å². The smallest absolute Gasteiger partial charge is 0.259 e. The Kier molecular flexibility index (Phi) is 4.99. The van der Waals surface area contributed by atoms with Crippen molar-refractivity contribution in [3.05, 3.63) is 45.3 Å². The second-order valence-corrected chi connectivity index (χ2v) is 6.49. The maximum absolute atomic E-state index is 12.6. The van der Waals surface area contributed by atoms with E-state index in [9.17, 15) is 9.90 Å². The molecule has 1 N–H and O–H groups in total. The summed E-state index contributed by atoms with van der Waals surface area (Å²) in [7, 11) is 0. The minimum Gasteiger partial charge on any atom is -0.507 e. The van der Waals surface area contributed by atoms with Gasteiger partial charge in [0.1, 0.15) is 23.0 Å². The third-order valence-electron chi connectivity index (χ3n) is 3.76. The SMILES string of the molecule is O=C(c1c(O)cc(Cl)cc1Cl)N1CCN(c2cc(Cl)ncn2)CC1. The van der Waals surface area contributed by atoms with Crippen molar-refractivity contribution in [2.45, 2.75) is 0 Å². The number of carbonyl (C=O) groups excluding carboxylic acids is 1. The van der Waals surface area contributed by atoms with Gasteiger partial charge in [-0.05, 0) is 12.1 Å². The number of carbonyl (C=O) groups is 1. The van der Waals surface area contributed by atoms with Crippen LogP contribution in [0.3, 0.4) is 0 Å². The molecule has 0 aliphatic carbocycles. The molecule has 2 aromatic rings. The van der Waals surface area contributed by atoms with Gasteiger partial charge in [0.25, 0.3) is 5.91 Å². The first kappa shape index (κ1) is 17.1. The average molecular weight is 388 g/mol. The third-order valence-corrected chi connectivity index (χ3v) is 4.48. The molecular formula is C15H13Cl3N4O2. The molecule has 1 saturated heterocycles. The van der Waals surface area contributed by atoms with Gasteiger partial charge in [-0.1, -0.05) is 34.8 Å². The molecule has 1 aliphatic heterocycles. The summed E-state index contributed by atoms with van der Waals surface area (Å²) < 4.78 is 0. The van der Waals surface area contributed by atoms with Gasteiger partial charge in [-0.15, -0.1) is 0 Å². The number of nitrogens with zero attached hydrogens (tertiary/aromatic N) is 4. The molecule has 2 heterocycles. The fraction of sp³-hybridized carbons (Fsp3) is 0.267. The molecule has 126 valence electrons. The van der Waals surface area contributed by atoms with Crippen molar-refractivity contribution < 1.29 is 9.90 Å². The molecule has 1 amide bonds. The molecule has 3 rings (SSSR count). The van der Waals surface area contributed by atoms with E-state index in [2.05, 4.69) is 9.97 Å². The van der Waals surface area contributed by atoms with Crippen molar-refractivity contribution in [3.63, 3.8) is 0 Å². The molecule has 0 atom stereocenters. The van der Waals surface area contributed by atoms with Crippen LogP contribution in [-0.4, -0.2) is 52.1 Å². The third kappa shape index (κ3) is 3.50. The molecular weight excluding hydrogens is 375 g/mol. The maximum Gasteiger partial charge on any atom is 0.259 e. The summed E-state index contributed by atoms with van der Waals surface area (Å²) in [6.07, 6.45) is 1.40. The number of hydrogen-bond donors (Lipinski definition) is 1. The number of benzene rings is 1. The number of anilines is 1. The van der Waals surface area contributed by atoms with Gasteiger partial charge in [-0.3, -0.25) is 4.79 Å². The van der Waals surface area contributed by atoms with E-state index >= 15 is 0 Å². The van der Waals surface area contributed by atoms with Gasteiger partial charge >= 0.3 is 0 Å². The quantitative estimate of drug-likeness (QED) is 0.802. The van der Waals surface area contributed by atoms with Crippen molar-refractivity contribution in [1.82, 2.24) is 14.9 Å². The molecule has 1 fully saturated rings. The first-order valence-electron chi connectivity index (χ1n) is 7.15. The molecule has 9 heteroatoms. The normalized spacial score (nSPS) is 14.8. The van der Waals surface area contributed by atoms with Gasteiger partial charge in [-0.25, -0.2) is 9.97 Å². The zero-order chi connectivity index (χ0) is 17.3. The lowest BCUT2D eigenvalue weighted by molar-refractivity contribution is 0.0743. The minimum absolute atomic E-state index is 0.0691. The van der Waals surface area contributed by atoms with E-state index in [0.29, 0.717) is 31.3 Å². The second kappa shape index (κ2) is 7.01. The summed E-state index contributed by atoms with van der Waals surface area (Å²) in [5, 5.41) is 10.8. The lowest BCUT2D eigenvalue weighted by Gasteiger charge is -2.35. The zero-order valence-electron chi connectivity index (χ0n) is 12.4. The van der Waals surface area contributed by atoms with Gasteiger partial charge in [0, 0.05) is 37.3 Å². The lowest BCUT2D eigenvalue weighted by atomic mass is 10.1. The van der Waals surface area contributed by atoms with Gasteiger partial charge in [0.2, 0.25) is 0 Å².